The summed E-state index contributed by atoms with van der Waals surface area (Å²) >= 11 is 0. The minimum absolute atomic E-state index is 0.281. The number of pyridine rings is 1. The molecule has 3 unspecified atom stereocenters. The Labute approximate surface area is 115 Å². The van der Waals surface area contributed by atoms with Crippen LogP contribution in [0.1, 0.15) is 31.7 Å². The zero-order valence-corrected chi connectivity index (χ0v) is 11.5. The molecular weight excluding hydrogens is 232 g/mol. The summed E-state index contributed by atoms with van der Waals surface area (Å²) in [5, 5.41) is 1.26. The van der Waals surface area contributed by atoms with E-state index in [2.05, 4.69) is 36.2 Å². The summed E-state index contributed by atoms with van der Waals surface area (Å²) in [7, 11) is 0. The van der Waals surface area contributed by atoms with Gasteiger partial charge in [-0.2, -0.15) is 0 Å². The van der Waals surface area contributed by atoms with Gasteiger partial charge in [-0.3, -0.25) is 4.98 Å². The number of nitrogens with two attached hydrogens (primary N) is 1. The first-order chi connectivity index (χ1) is 9.25. The minimum atomic E-state index is 0.281. The number of rotatable bonds is 3. The fourth-order valence-corrected chi connectivity index (χ4v) is 3.55. The van der Waals surface area contributed by atoms with Crippen LogP contribution in [0.4, 0.5) is 0 Å². The van der Waals surface area contributed by atoms with Crippen molar-refractivity contribution in [2.45, 2.75) is 38.6 Å². The van der Waals surface area contributed by atoms with Gasteiger partial charge in [-0.25, -0.2) is 0 Å². The molecule has 3 rings (SSSR count). The van der Waals surface area contributed by atoms with E-state index < -0.39 is 0 Å². The summed E-state index contributed by atoms with van der Waals surface area (Å²) in [4.78, 5) is 4.42. The highest BCUT2D eigenvalue weighted by atomic mass is 14.7. The summed E-state index contributed by atoms with van der Waals surface area (Å²) in [5.74, 6) is 1.47. The van der Waals surface area contributed by atoms with E-state index in [9.17, 15) is 0 Å². The van der Waals surface area contributed by atoms with Crippen molar-refractivity contribution in [1.82, 2.24) is 4.98 Å². The molecule has 0 bridgehead atoms. The molecule has 3 atom stereocenters. The van der Waals surface area contributed by atoms with E-state index in [1.165, 1.54) is 30.2 Å². The molecule has 0 spiro atoms. The molecular formula is C17H22N2. The summed E-state index contributed by atoms with van der Waals surface area (Å²) < 4.78 is 0. The highest BCUT2D eigenvalue weighted by Crippen LogP contribution is 2.34. The first-order valence-corrected chi connectivity index (χ1v) is 7.34. The van der Waals surface area contributed by atoms with Gasteiger partial charge in [0.05, 0.1) is 5.52 Å². The van der Waals surface area contributed by atoms with Crippen LogP contribution in [0.2, 0.25) is 0 Å². The van der Waals surface area contributed by atoms with Crippen molar-refractivity contribution in [1.29, 1.82) is 0 Å². The van der Waals surface area contributed by atoms with Crippen molar-refractivity contribution < 1.29 is 0 Å². The largest absolute Gasteiger partial charge is 0.327 e. The Kier molecular flexibility index (Phi) is 3.52. The molecule has 2 aromatic rings. The topological polar surface area (TPSA) is 38.9 Å². The second-order valence-corrected chi connectivity index (χ2v) is 5.93. The molecule has 1 aliphatic carbocycles. The summed E-state index contributed by atoms with van der Waals surface area (Å²) in [5.41, 5.74) is 8.89. The van der Waals surface area contributed by atoms with Gasteiger partial charge in [0.1, 0.15) is 0 Å². The summed E-state index contributed by atoms with van der Waals surface area (Å²) in [6.07, 6.45) is 6.86. The molecule has 0 amide bonds. The van der Waals surface area contributed by atoms with E-state index in [1.54, 1.807) is 0 Å². The van der Waals surface area contributed by atoms with Crippen molar-refractivity contribution in [3.8, 4) is 0 Å². The van der Waals surface area contributed by atoms with Crippen LogP contribution < -0.4 is 5.73 Å². The van der Waals surface area contributed by atoms with Crippen LogP contribution >= 0.6 is 0 Å². The maximum Gasteiger partial charge on any atom is 0.0704 e. The number of benzene rings is 1. The highest BCUT2D eigenvalue weighted by Gasteiger charge is 2.28. The van der Waals surface area contributed by atoms with Gasteiger partial charge < -0.3 is 5.73 Å². The number of fused-ring (bicyclic) bond motifs is 1. The van der Waals surface area contributed by atoms with Crippen molar-refractivity contribution in [3.05, 3.63) is 42.1 Å². The van der Waals surface area contributed by atoms with Crippen molar-refractivity contribution in [3.63, 3.8) is 0 Å². The molecule has 0 aliphatic heterocycles. The van der Waals surface area contributed by atoms with Crippen molar-refractivity contribution in [2.75, 3.05) is 0 Å². The fraction of sp³-hybridized carbons (Fsp3) is 0.471. The van der Waals surface area contributed by atoms with E-state index >= 15 is 0 Å². The highest BCUT2D eigenvalue weighted by molar-refractivity contribution is 5.81. The maximum absolute atomic E-state index is 6.47. The summed E-state index contributed by atoms with van der Waals surface area (Å²) in [6.45, 7) is 2.35. The first-order valence-electron chi connectivity index (χ1n) is 7.34. The number of para-hydroxylation sites is 1. The smallest absolute Gasteiger partial charge is 0.0704 e. The number of hydrogen-bond donors (Lipinski definition) is 1. The lowest BCUT2D eigenvalue weighted by Crippen LogP contribution is -2.33. The Balaban J connectivity index is 1.85. The molecule has 100 valence electrons. The van der Waals surface area contributed by atoms with Gasteiger partial charge in [-0.15, -0.1) is 0 Å². The van der Waals surface area contributed by atoms with Crippen molar-refractivity contribution in [2.24, 2.45) is 17.6 Å². The van der Waals surface area contributed by atoms with Crippen LogP contribution in [-0.4, -0.2) is 11.0 Å². The minimum Gasteiger partial charge on any atom is -0.327 e. The Morgan fingerprint density at radius 3 is 2.89 bits per heavy atom. The third-order valence-electron chi connectivity index (χ3n) is 4.67. The van der Waals surface area contributed by atoms with Crippen LogP contribution in [0, 0.1) is 11.8 Å². The van der Waals surface area contributed by atoms with Crippen LogP contribution in [0.5, 0.6) is 0 Å². The van der Waals surface area contributed by atoms with Crippen molar-refractivity contribution >= 4 is 10.9 Å². The number of aromatic nitrogens is 1. The lowest BCUT2D eigenvalue weighted by atomic mass is 9.86. The Morgan fingerprint density at radius 2 is 2.11 bits per heavy atom. The third kappa shape index (κ3) is 2.50. The molecule has 19 heavy (non-hydrogen) atoms. The maximum atomic E-state index is 6.47. The lowest BCUT2D eigenvalue weighted by Gasteiger charge is -2.23. The average Bonchev–Trinajstić information content (AvgIpc) is 2.85. The average molecular weight is 254 g/mol. The van der Waals surface area contributed by atoms with Gasteiger partial charge in [0, 0.05) is 17.6 Å². The van der Waals surface area contributed by atoms with Crippen LogP contribution in [0.15, 0.2) is 36.5 Å². The quantitative estimate of drug-likeness (QED) is 0.910. The first kappa shape index (κ1) is 12.6. The summed E-state index contributed by atoms with van der Waals surface area (Å²) in [6, 6.07) is 10.8. The Hall–Kier alpha value is -1.41. The van der Waals surface area contributed by atoms with E-state index in [4.69, 9.17) is 5.73 Å². The van der Waals surface area contributed by atoms with Crippen LogP contribution in [-0.2, 0) is 6.42 Å². The Morgan fingerprint density at radius 1 is 1.26 bits per heavy atom. The standard InChI is InChI=1S/C17H22N2/c1-12-5-4-7-14(12)16(18)11-13-9-10-19-17-8-3-2-6-15(13)17/h2-3,6,8-10,12,14,16H,4-5,7,11,18H2,1H3. The number of hydrogen-bond acceptors (Lipinski definition) is 2. The Bertz CT molecular complexity index is 559. The monoisotopic (exact) mass is 254 g/mol. The SMILES string of the molecule is CC1CCCC1C(N)Cc1ccnc2ccccc12. The molecule has 1 heterocycles. The van der Waals surface area contributed by atoms with E-state index in [1.807, 2.05) is 12.3 Å². The molecule has 1 fully saturated rings. The van der Waals surface area contributed by atoms with E-state index in [0.717, 1.165) is 17.9 Å². The van der Waals surface area contributed by atoms with E-state index in [-0.39, 0.29) is 6.04 Å². The van der Waals surface area contributed by atoms with Gasteiger partial charge in [0.15, 0.2) is 0 Å². The normalized spacial score (nSPS) is 24.7. The van der Waals surface area contributed by atoms with Gasteiger partial charge in [-0.1, -0.05) is 38.0 Å². The fourth-order valence-electron chi connectivity index (χ4n) is 3.55. The molecule has 1 aromatic carbocycles. The molecule has 1 saturated carbocycles. The van der Waals surface area contributed by atoms with Gasteiger partial charge in [0.25, 0.3) is 0 Å². The molecule has 0 saturated heterocycles. The molecule has 2 heteroatoms. The molecule has 0 radical (unpaired) electrons. The zero-order chi connectivity index (χ0) is 13.2. The van der Waals surface area contributed by atoms with Crippen LogP contribution in [0.3, 0.4) is 0 Å². The second-order valence-electron chi connectivity index (χ2n) is 5.93. The third-order valence-corrected chi connectivity index (χ3v) is 4.67. The molecule has 1 aromatic heterocycles. The second kappa shape index (κ2) is 5.30. The predicted molar refractivity (Wildman–Crippen MR) is 79.9 cm³/mol. The van der Waals surface area contributed by atoms with Gasteiger partial charge >= 0.3 is 0 Å². The van der Waals surface area contributed by atoms with Gasteiger partial charge in [-0.05, 0) is 42.4 Å². The predicted octanol–water partition coefficient (Wildman–Crippen LogP) is 3.54. The molecule has 1 aliphatic rings. The molecule has 2 nitrogen and oxygen atoms in total. The van der Waals surface area contributed by atoms with E-state index in [0.29, 0.717) is 5.92 Å². The number of nitrogens with zero attached hydrogens (tertiary/aromatic N) is 1. The molecule has 2 N–H and O–H groups in total. The lowest BCUT2D eigenvalue weighted by molar-refractivity contribution is 0.343. The zero-order valence-electron chi connectivity index (χ0n) is 11.5. The van der Waals surface area contributed by atoms with Gasteiger partial charge in [0.2, 0.25) is 0 Å². The van der Waals surface area contributed by atoms with Crippen LogP contribution in [0.25, 0.3) is 10.9 Å².